The lowest BCUT2D eigenvalue weighted by atomic mass is 10.1. The number of hydrogen-bond acceptors (Lipinski definition) is 5. The maximum Gasteiger partial charge on any atom is 0.271 e. The Hall–Kier alpha value is -2.77. The second-order valence-corrected chi connectivity index (χ2v) is 8.76. The van der Waals surface area contributed by atoms with E-state index in [1.165, 1.54) is 11.3 Å². The van der Waals surface area contributed by atoms with Gasteiger partial charge in [-0.3, -0.25) is 14.7 Å². The third-order valence-corrected chi connectivity index (χ3v) is 6.93. The van der Waals surface area contributed by atoms with Crippen molar-refractivity contribution in [3.8, 4) is 10.6 Å². The fraction of sp³-hybridized carbons (Fsp3) is 0.0526. The van der Waals surface area contributed by atoms with E-state index < -0.39 is 10.0 Å². The third-order valence-electron chi connectivity index (χ3n) is 3.98. The number of aryl methyl sites for hydroxylation is 1. The van der Waals surface area contributed by atoms with Crippen LogP contribution >= 0.6 is 11.3 Å². The first-order valence-electron chi connectivity index (χ1n) is 7.93. The van der Waals surface area contributed by atoms with Crippen LogP contribution in [0.4, 0.5) is 5.69 Å². The molecular formula is C19H15N3O2S2. The summed E-state index contributed by atoms with van der Waals surface area (Å²) in [6, 6.07) is 16.5. The number of nitrogens with one attached hydrogen (secondary N) is 1. The molecule has 3 heterocycles. The van der Waals surface area contributed by atoms with Crippen LogP contribution in [0.15, 0.2) is 71.2 Å². The topological polar surface area (TPSA) is 72.0 Å². The zero-order chi connectivity index (χ0) is 18.1. The molecule has 1 N–H and O–H groups in total. The molecule has 4 aromatic rings. The van der Waals surface area contributed by atoms with E-state index in [2.05, 4.69) is 14.7 Å². The standard InChI is InChI=1S/C19H15N3O2S2/c1-13-7-8-14-5-4-12-21-19(14)18(13)22-26(23,24)17-10-9-16(25-17)15-6-2-3-11-20-15/h2-12,22H,1H3. The fourth-order valence-electron chi connectivity index (χ4n) is 2.67. The summed E-state index contributed by atoms with van der Waals surface area (Å²) in [7, 11) is -3.71. The monoisotopic (exact) mass is 381 g/mol. The van der Waals surface area contributed by atoms with Gasteiger partial charge in [0.05, 0.1) is 21.8 Å². The fourth-order valence-corrected chi connectivity index (χ4v) is 5.09. The van der Waals surface area contributed by atoms with E-state index in [9.17, 15) is 8.42 Å². The van der Waals surface area contributed by atoms with Crippen molar-refractivity contribution >= 4 is 38.0 Å². The molecule has 0 saturated carbocycles. The molecule has 7 heteroatoms. The summed E-state index contributed by atoms with van der Waals surface area (Å²) < 4.78 is 28.7. The highest BCUT2D eigenvalue weighted by atomic mass is 32.2. The van der Waals surface area contributed by atoms with E-state index in [1.54, 1.807) is 24.5 Å². The van der Waals surface area contributed by atoms with Crippen LogP contribution in [0.2, 0.25) is 0 Å². The molecule has 0 unspecified atom stereocenters. The molecule has 0 aliphatic carbocycles. The summed E-state index contributed by atoms with van der Waals surface area (Å²) in [4.78, 5) is 9.41. The van der Waals surface area contributed by atoms with Crippen molar-refractivity contribution in [2.45, 2.75) is 11.1 Å². The maximum absolute atomic E-state index is 12.9. The van der Waals surface area contributed by atoms with Gasteiger partial charge in [0.2, 0.25) is 0 Å². The smallest absolute Gasteiger partial charge is 0.271 e. The Morgan fingerprint density at radius 1 is 0.923 bits per heavy atom. The lowest BCUT2D eigenvalue weighted by Crippen LogP contribution is -2.13. The Morgan fingerprint density at radius 2 is 1.77 bits per heavy atom. The Balaban J connectivity index is 1.73. The molecule has 0 radical (unpaired) electrons. The minimum atomic E-state index is -3.71. The van der Waals surface area contributed by atoms with Gasteiger partial charge in [0, 0.05) is 17.8 Å². The van der Waals surface area contributed by atoms with Gasteiger partial charge in [-0.15, -0.1) is 11.3 Å². The molecule has 0 amide bonds. The van der Waals surface area contributed by atoms with E-state index in [4.69, 9.17) is 0 Å². The molecule has 0 atom stereocenters. The van der Waals surface area contributed by atoms with Crippen molar-refractivity contribution in [3.05, 3.63) is 72.6 Å². The summed E-state index contributed by atoms with van der Waals surface area (Å²) in [6.45, 7) is 1.86. The molecule has 0 bridgehead atoms. The Bertz CT molecular complexity index is 1190. The Kier molecular flexibility index (Phi) is 4.18. The zero-order valence-corrected chi connectivity index (χ0v) is 15.5. The number of aromatic nitrogens is 2. The van der Waals surface area contributed by atoms with Crippen LogP contribution in [0.3, 0.4) is 0 Å². The lowest BCUT2D eigenvalue weighted by Gasteiger charge is -2.11. The number of nitrogens with zero attached hydrogens (tertiary/aromatic N) is 2. The second kappa shape index (κ2) is 6.51. The number of benzene rings is 1. The van der Waals surface area contributed by atoms with Gasteiger partial charge in [0.15, 0.2) is 0 Å². The Labute approximate surface area is 155 Å². The summed E-state index contributed by atoms with van der Waals surface area (Å²) in [5.41, 5.74) is 2.72. The molecule has 0 aliphatic heterocycles. The summed E-state index contributed by atoms with van der Waals surface area (Å²) in [6.07, 6.45) is 3.34. The number of anilines is 1. The van der Waals surface area contributed by atoms with Crippen LogP contribution in [0.1, 0.15) is 5.56 Å². The number of sulfonamides is 1. The third kappa shape index (κ3) is 3.07. The molecule has 3 aromatic heterocycles. The quantitative estimate of drug-likeness (QED) is 0.566. The van der Waals surface area contributed by atoms with Crippen LogP contribution in [0, 0.1) is 6.92 Å². The van der Waals surface area contributed by atoms with Crippen molar-refractivity contribution < 1.29 is 8.42 Å². The molecule has 0 fully saturated rings. The van der Waals surface area contributed by atoms with E-state index in [0.29, 0.717) is 11.2 Å². The van der Waals surface area contributed by atoms with E-state index in [1.807, 2.05) is 49.4 Å². The normalized spacial score (nSPS) is 11.6. The zero-order valence-electron chi connectivity index (χ0n) is 13.9. The van der Waals surface area contributed by atoms with Gasteiger partial charge < -0.3 is 0 Å². The molecule has 0 saturated heterocycles. The summed E-state index contributed by atoms with van der Waals surface area (Å²) >= 11 is 1.19. The van der Waals surface area contributed by atoms with Crippen LogP contribution in [-0.4, -0.2) is 18.4 Å². The summed E-state index contributed by atoms with van der Waals surface area (Å²) in [5.74, 6) is 0. The highest BCUT2D eigenvalue weighted by molar-refractivity contribution is 7.94. The van der Waals surface area contributed by atoms with E-state index >= 15 is 0 Å². The van der Waals surface area contributed by atoms with Crippen LogP contribution in [0.5, 0.6) is 0 Å². The highest BCUT2D eigenvalue weighted by Crippen LogP contribution is 2.32. The van der Waals surface area contributed by atoms with Crippen molar-refractivity contribution in [1.82, 2.24) is 9.97 Å². The van der Waals surface area contributed by atoms with Crippen LogP contribution < -0.4 is 4.72 Å². The second-order valence-electron chi connectivity index (χ2n) is 5.77. The molecule has 4 rings (SSSR count). The van der Waals surface area contributed by atoms with Gasteiger partial charge in [-0.05, 0) is 42.8 Å². The molecule has 26 heavy (non-hydrogen) atoms. The molecule has 5 nitrogen and oxygen atoms in total. The van der Waals surface area contributed by atoms with E-state index in [-0.39, 0.29) is 4.21 Å². The predicted molar refractivity (Wildman–Crippen MR) is 105 cm³/mol. The molecular weight excluding hydrogens is 366 g/mol. The van der Waals surface area contributed by atoms with Gasteiger partial charge >= 0.3 is 0 Å². The minimum Gasteiger partial charge on any atom is -0.276 e. The number of thiophene rings is 1. The van der Waals surface area contributed by atoms with Crippen molar-refractivity contribution in [1.29, 1.82) is 0 Å². The largest absolute Gasteiger partial charge is 0.276 e. The molecule has 0 aliphatic rings. The molecule has 1 aromatic carbocycles. The van der Waals surface area contributed by atoms with Crippen LogP contribution in [-0.2, 0) is 10.0 Å². The van der Waals surface area contributed by atoms with Gasteiger partial charge in [-0.2, -0.15) is 0 Å². The van der Waals surface area contributed by atoms with Gasteiger partial charge in [0.25, 0.3) is 10.0 Å². The summed E-state index contributed by atoms with van der Waals surface area (Å²) in [5, 5.41) is 0.885. The SMILES string of the molecule is Cc1ccc2cccnc2c1NS(=O)(=O)c1ccc(-c2ccccn2)s1. The van der Waals surface area contributed by atoms with E-state index in [0.717, 1.165) is 21.5 Å². The van der Waals surface area contributed by atoms with Crippen molar-refractivity contribution in [3.63, 3.8) is 0 Å². The first kappa shape index (κ1) is 16.7. The highest BCUT2D eigenvalue weighted by Gasteiger charge is 2.20. The van der Waals surface area contributed by atoms with Gasteiger partial charge in [-0.25, -0.2) is 8.42 Å². The molecule has 130 valence electrons. The van der Waals surface area contributed by atoms with Crippen molar-refractivity contribution in [2.75, 3.05) is 4.72 Å². The van der Waals surface area contributed by atoms with Crippen LogP contribution in [0.25, 0.3) is 21.5 Å². The number of pyridine rings is 2. The lowest BCUT2D eigenvalue weighted by molar-refractivity contribution is 0.603. The number of rotatable bonds is 4. The van der Waals surface area contributed by atoms with Gasteiger partial charge in [0.1, 0.15) is 4.21 Å². The predicted octanol–water partition coefficient (Wildman–Crippen LogP) is 4.47. The molecule has 0 spiro atoms. The average Bonchev–Trinajstić information content (AvgIpc) is 3.16. The first-order chi connectivity index (χ1) is 12.5. The Morgan fingerprint density at radius 3 is 2.58 bits per heavy atom. The minimum absolute atomic E-state index is 0.241. The number of fused-ring (bicyclic) bond motifs is 1. The average molecular weight is 381 g/mol. The first-order valence-corrected chi connectivity index (χ1v) is 10.2. The van der Waals surface area contributed by atoms with Gasteiger partial charge in [-0.1, -0.05) is 24.3 Å². The van der Waals surface area contributed by atoms with Crippen molar-refractivity contribution in [2.24, 2.45) is 0 Å². The number of hydrogen-bond donors (Lipinski definition) is 1. The maximum atomic E-state index is 12.9.